The van der Waals surface area contributed by atoms with Crippen LogP contribution in [0.4, 0.5) is 0 Å². The Morgan fingerprint density at radius 3 is 2.65 bits per heavy atom. The third-order valence-electron chi connectivity index (χ3n) is 3.06. The fraction of sp³-hybridized carbons (Fsp3) is 0.909. The summed E-state index contributed by atoms with van der Waals surface area (Å²) in [6, 6.07) is 0.623. The molecule has 1 heterocycles. The first-order chi connectivity index (χ1) is 8.26. The highest BCUT2D eigenvalue weighted by atomic mass is 127. The van der Waals surface area contributed by atoms with Gasteiger partial charge in [0.15, 0.2) is 5.78 Å². The second kappa shape index (κ2) is 9.21. The Balaban J connectivity index is 2.10. The molecule has 5 nitrogen and oxygen atoms in total. The van der Waals surface area contributed by atoms with Crippen LogP contribution in [0.2, 0.25) is 0 Å². The number of rotatable bonds is 8. The molecule has 1 rings (SSSR count). The van der Waals surface area contributed by atoms with Gasteiger partial charge in [0.1, 0.15) is 0 Å². The van der Waals surface area contributed by atoms with E-state index in [9.17, 15) is 4.79 Å². The topological polar surface area (TPSA) is 56.4 Å². The number of Topliss-reactive ketones (excluding diaryl/α,β-unsaturated/α-hetero) is 1. The third kappa shape index (κ3) is 6.66. The van der Waals surface area contributed by atoms with Crippen molar-refractivity contribution < 1.29 is 4.79 Å². The largest absolute Gasteiger partial charge is 0.318 e. The predicted molar refractivity (Wildman–Crippen MR) is 78.4 cm³/mol. The van der Waals surface area contributed by atoms with Crippen LogP contribution in [-0.4, -0.2) is 63.0 Å². The maximum absolute atomic E-state index is 11.5. The van der Waals surface area contributed by atoms with Crippen molar-refractivity contribution in [3.8, 4) is 0 Å². The number of piperidine rings is 1. The van der Waals surface area contributed by atoms with Crippen molar-refractivity contribution >= 4 is 28.6 Å². The molecule has 0 unspecified atom stereocenters. The van der Waals surface area contributed by atoms with Gasteiger partial charge < -0.3 is 10.6 Å². The number of hydrogen-bond acceptors (Lipinski definition) is 5. The fourth-order valence-corrected chi connectivity index (χ4v) is 2.50. The van der Waals surface area contributed by atoms with Crippen LogP contribution in [0.15, 0.2) is 0 Å². The first-order valence-electron chi connectivity index (χ1n) is 6.21. The second-order valence-electron chi connectivity index (χ2n) is 4.46. The molecule has 0 bridgehead atoms. The molecule has 3 N–H and O–H groups in total. The molecule has 0 aromatic heterocycles. The van der Waals surface area contributed by atoms with Crippen molar-refractivity contribution in [2.24, 2.45) is 0 Å². The van der Waals surface area contributed by atoms with Gasteiger partial charge >= 0.3 is 0 Å². The molecule has 6 heteroatoms. The molecule has 0 aromatic carbocycles. The van der Waals surface area contributed by atoms with Crippen LogP contribution >= 0.6 is 22.9 Å². The van der Waals surface area contributed by atoms with Gasteiger partial charge in [0.2, 0.25) is 0 Å². The highest BCUT2D eigenvalue weighted by Gasteiger charge is 2.19. The van der Waals surface area contributed by atoms with E-state index in [0.717, 1.165) is 39.0 Å². The van der Waals surface area contributed by atoms with Gasteiger partial charge in [-0.25, -0.2) is 0 Å². The Labute approximate surface area is 118 Å². The molecule has 0 saturated carbocycles. The summed E-state index contributed by atoms with van der Waals surface area (Å²) in [6.07, 6.45) is 2.29. The number of halogens is 1. The maximum Gasteiger partial charge on any atom is 0.161 e. The van der Waals surface area contributed by atoms with E-state index >= 15 is 0 Å². The van der Waals surface area contributed by atoms with Crippen LogP contribution < -0.4 is 14.2 Å². The molecule has 1 aliphatic heterocycles. The summed E-state index contributed by atoms with van der Waals surface area (Å²) in [6.45, 7) is 5.17. The van der Waals surface area contributed by atoms with E-state index in [1.807, 2.05) is 29.9 Å². The summed E-state index contributed by atoms with van der Waals surface area (Å²) in [5.41, 5.74) is 0. The van der Waals surface area contributed by atoms with Gasteiger partial charge in [-0.05, 0) is 19.9 Å². The Hall–Kier alpha value is 0.240. The van der Waals surface area contributed by atoms with Crippen LogP contribution in [-0.2, 0) is 4.79 Å². The summed E-state index contributed by atoms with van der Waals surface area (Å²) in [7, 11) is 1.97. The van der Waals surface area contributed by atoms with E-state index in [4.69, 9.17) is 0 Å². The van der Waals surface area contributed by atoms with Crippen LogP contribution in [0, 0.1) is 0 Å². The Morgan fingerprint density at radius 2 is 2.06 bits per heavy atom. The summed E-state index contributed by atoms with van der Waals surface area (Å²) < 4.78 is 2.87. The molecule has 0 atom stereocenters. The molecule has 0 amide bonds. The van der Waals surface area contributed by atoms with Crippen molar-refractivity contribution in [1.82, 2.24) is 19.1 Å². The minimum Gasteiger partial charge on any atom is -0.318 e. The standard InChI is InChI=1S/C11H23IN4O/c1-13-4-5-14-10-2-6-16(7-3-10)9-11(17)8-15-12/h10,13-15H,2-9H2,1H3. The molecule has 1 fully saturated rings. The van der Waals surface area contributed by atoms with E-state index in [0.29, 0.717) is 19.1 Å². The number of carbonyl (C=O) groups is 1. The molecule has 1 saturated heterocycles. The van der Waals surface area contributed by atoms with Gasteiger partial charge in [-0.15, -0.1) is 0 Å². The lowest BCUT2D eigenvalue weighted by atomic mass is 10.0. The third-order valence-corrected chi connectivity index (χ3v) is 3.44. The average Bonchev–Trinajstić information content (AvgIpc) is 2.32. The molecule has 100 valence electrons. The zero-order valence-corrected chi connectivity index (χ0v) is 12.6. The smallest absolute Gasteiger partial charge is 0.161 e. The Kier molecular flexibility index (Phi) is 8.29. The highest BCUT2D eigenvalue weighted by molar-refractivity contribution is 14.1. The number of ketones is 1. The lowest BCUT2D eigenvalue weighted by molar-refractivity contribution is -0.119. The van der Waals surface area contributed by atoms with Gasteiger partial charge in [0.25, 0.3) is 0 Å². The first kappa shape index (κ1) is 15.3. The van der Waals surface area contributed by atoms with Gasteiger partial charge in [-0.3, -0.25) is 13.2 Å². The summed E-state index contributed by atoms with van der Waals surface area (Å²) in [5, 5.41) is 6.66. The fourth-order valence-electron chi connectivity index (χ4n) is 2.08. The van der Waals surface area contributed by atoms with Crippen molar-refractivity contribution in [3.63, 3.8) is 0 Å². The number of carbonyl (C=O) groups excluding carboxylic acids is 1. The van der Waals surface area contributed by atoms with Crippen molar-refractivity contribution in [2.45, 2.75) is 18.9 Å². The van der Waals surface area contributed by atoms with E-state index < -0.39 is 0 Å². The highest BCUT2D eigenvalue weighted by Crippen LogP contribution is 2.09. The number of likely N-dealkylation sites (tertiary alicyclic amines) is 1. The maximum atomic E-state index is 11.5. The Morgan fingerprint density at radius 1 is 1.35 bits per heavy atom. The first-order valence-corrected chi connectivity index (χ1v) is 7.29. The van der Waals surface area contributed by atoms with Crippen molar-refractivity contribution in [1.29, 1.82) is 0 Å². The van der Waals surface area contributed by atoms with Crippen LogP contribution in [0.25, 0.3) is 0 Å². The molecule has 0 spiro atoms. The minimum absolute atomic E-state index is 0.279. The van der Waals surface area contributed by atoms with E-state index in [2.05, 4.69) is 19.1 Å². The van der Waals surface area contributed by atoms with Crippen LogP contribution in [0.1, 0.15) is 12.8 Å². The number of hydrogen-bond donors (Lipinski definition) is 3. The van der Waals surface area contributed by atoms with Gasteiger partial charge in [0, 0.05) is 55.1 Å². The van der Waals surface area contributed by atoms with Gasteiger partial charge in [-0.1, -0.05) is 0 Å². The quantitative estimate of drug-likeness (QED) is 0.319. The average molecular weight is 354 g/mol. The molecular weight excluding hydrogens is 331 g/mol. The van der Waals surface area contributed by atoms with Crippen molar-refractivity contribution in [2.75, 3.05) is 46.3 Å². The summed E-state index contributed by atoms with van der Waals surface area (Å²) in [5.74, 6) is 0.279. The second-order valence-corrected chi connectivity index (χ2v) is 5.22. The normalized spacial score (nSPS) is 18.5. The van der Waals surface area contributed by atoms with Crippen LogP contribution in [0.5, 0.6) is 0 Å². The molecule has 1 aliphatic rings. The van der Waals surface area contributed by atoms with E-state index in [1.165, 1.54) is 0 Å². The lowest BCUT2D eigenvalue weighted by Crippen LogP contribution is -2.46. The molecule has 0 aliphatic carbocycles. The molecule has 17 heavy (non-hydrogen) atoms. The van der Waals surface area contributed by atoms with Gasteiger partial charge in [-0.2, -0.15) is 0 Å². The summed E-state index contributed by atoms with van der Waals surface area (Å²) in [4.78, 5) is 13.7. The molecular formula is C11H23IN4O. The predicted octanol–water partition coefficient (Wildman–Crippen LogP) is -0.231. The van der Waals surface area contributed by atoms with E-state index in [-0.39, 0.29) is 5.78 Å². The summed E-state index contributed by atoms with van der Waals surface area (Å²) >= 11 is 2.01. The number of nitrogens with one attached hydrogen (secondary N) is 3. The van der Waals surface area contributed by atoms with Crippen molar-refractivity contribution in [3.05, 3.63) is 0 Å². The Bertz CT molecular complexity index is 220. The number of nitrogens with zero attached hydrogens (tertiary/aromatic N) is 1. The van der Waals surface area contributed by atoms with E-state index in [1.54, 1.807) is 0 Å². The monoisotopic (exact) mass is 354 g/mol. The lowest BCUT2D eigenvalue weighted by Gasteiger charge is -2.32. The SMILES string of the molecule is CNCCNC1CCN(CC(=O)CNI)CC1. The molecule has 0 radical (unpaired) electrons. The zero-order chi connectivity index (χ0) is 12.5. The number of likely N-dealkylation sites (N-methyl/N-ethyl adjacent to an activating group) is 1. The van der Waals surface area contributed by atoms with Crippen LogP contribution in [0.3, 0.4) is 0 Å². The minimum atomic E-state index is 0.279. The molecule has 0 aromatic rings. The van der Waals surface area contributed by atoms with Gasteiger partial charge in [0.05, 0.1) is 13.1 Å². The zero-order valence-electron chi connectivity index (χ0n) is 10.5.